The lowest BCUT2D eigenvalue weighted by Gasteiger charge is -2.14. The first-order chi connectivity index (χ1) is 11.5. The van der Waals surface area contributed by atoms with E-state index in [0.29, 0.717) is 16.4 Å². The summed E-state index contributed by atoms with van der Waals surface area (Å²) in [5.74, 6) is -0.324. The number of rotatable bonds is 4. The third-order valence-electron chi connectivity index (χ3n) is 3.46. The topological polar surface area (TPSA) is 64.0 Å². The summed E-state index contributed by atoms with van der Waals surface area (Å²) < 4.78 is 1.19. The van der Waals surface area contributed by atoms with E-state index >= 15 is 0 Å². The van der Waals surface area contributed by atoms with Crippen molar-refractivity contribution in [3.63, 3.8) is 0 Å². The number of amides is 1. The number of carbonyl (C=O) groups is 1. The van der Waals surface area contributed by atoms with E-state index < -0.39 is 6.04 Å². The van der Waals surface area contributed by atoms with Gasteiger partial charge in [-0.15, -0.1) is 11.3 Å². The Labute approximate surface area is 147 Å². The molecule has 1 atom stereocenters. The maximum atomic E-state index is 12.4. The summed E-state index contributed by atoms with van der Waals surface area (Å²) in [5, 5.41) is 9.60. The first-order valence-electron chi connectivity index (χ1n) is 7.25. The van der Waals surface area contributed by atoms with Crippen molar-refractivity contribution in [2.45, 2.75) is 13.0 Å². The van der Waals surface area contributed by atoms with Gasteiger partial charge in [0.1, 0.15) is 11.7 Å². The van der Waals surface area contributed by atoms with Crippen LogP contribution in [-0.4, -0.2) is 15.7 Å². The van der Waals surface area contributed by atoms with Crippen LogP contribution in [0, 0.1) is 0 Å². The molecule has 1 unspecified atom stereocenters. The van der Waals surface area contributed by atoms with Crippen molar-refractivity contribution in [2.75, 3.05) is 5.32 Å². The second-order valence-electron chi connectivity index (χ2n) is 5.15. The third kappa shape index (κ3) is 3.55. The molecule has 7 heteroatoms. The zero-order valence-electron chi connectivity index (χ0n) is 12.8. The van der Waals surface area contributed by atoms with Crippen molar-refractivity contribution in [3.05, 3.63) is 69.3 Å². The summed E-state index contributed by atoms with van der Waals surface area (Å²) >= 11 is 7.35. The predicted molar refractivity (Wildman–Crippen MR) is 96.6 cm³/mol. The van der Waals surface area contributed by atoms with E-state index in [1.807, 2.05) is 17.5 Å². The first kappa shape index (κ1) is 16.4. The van der Waals surface area contributed by atoms with Gasteiger partial charge in [-0.2, -0.15) is 5.10 Å². The molecule has 0 radical (unpaired) electrons. The van der Waals surface area contributed by atoms with Gasteiger partial charge >= 0.3 is 0 Å². The van der Waals surface area contributed by atoms with Gasteiger partial charge in [-0.25, -0.2) is 4.68 Å². The van der Waals surface area contributed by atoms with Gasteiger partial charge in [0.2, 0.25) is 5.91 Å². The van der Waals surface area contributed by atoms with Crippen molar-refractivity contribution < 1.29 is 4.79 Å². The normalized spacial score (nSPS) is 11.9. The fourth-order valence-electron chi connectivity index (χ4n) is 2.15. The van der Waals surface area contributed by atoms with Crippen molar-refractivity contribution in [1.29, 1.82) is 0 Å². The Hall–Kier alpha value is -2.44. The molecule has 0 bridgehead atoms. The van der Waals surface area contributed by atoms with E-state index in [0.717, 1.165) is 4.88 Å². The molecule has 3 rings (SSSR count). The lowest BCUT2D eigenvalue weighted by Crippen LogP contribution is -2.33. The summed E-state index contributed by atoms with van der Waals surface area (Å²) in [6, 6.07) is 12.9. The van der Waals surface area contributed by atoms with Crippen LogP contribution < -0.4 is 10.9 Å². The van der Waals surface area contributed by atoms with E-state index in [2.05, 4.69) is 10.4 Å². The number of anilines is 1. The van der Waals surface area contributed by atoms with Gasteiger partial charge in [0.05, 0.1) is 4.88 Å². The minimum Gasteiger partial charge on any atom is -0.324 e. The summed E-state index contributed by atoms with van der Waals surface area (Å²) in [6.07, 6.45) is 0. The molecule has 1 amide bonds. The van der Waals surface area contributed by atoms with Gasteiger partial charge in [0.15, 0.2) is 0 Å². The summed E-state index contributed by atoms with van der Waals surface area (Å²) in [4.78, 5) is 25.4. The number of halogens is 1. The highest BCUT2D eigenvalue weighted by molar-refractivity contribution is 7.13. The molecule has 2 heterocycles. The molecule has 2 aromatic heterocycles. The smallest absolute Gasteiger partial charge is 0.267 e. The van der Waals surface area contributed by atoms with Gasteiger partial charge in [-0.1, -0.05) is 17.7 Å². The average Bonchev–Trinajstić information content (AvgIpc) is 3.11. The molecule has 122 valence electrons. The number of carbonyl (C=O) groups excluding carboxylic acids is 1. The first-order valence-corrected chi connectivity index (χ1v) is 8.50. The number of hydrogen-bond acceptors (Lipinski definition) is 4. The van der Waals surface area contributed by atoms with Gasteiger partial charge < -0.3 is 5.32 Å². The highest BCUT2D eigenvalue weighted by Crippen LogP contribution is 2.22. The minimum absolute atomic E-state index is 0.324. The molecular formula is C17H14ClN3O2S. The minimum atomic E-state index is -0.743. The van der Waals surface area contributed by atoms with Gasteiger partial charge in [-0.3, -0.25) is 9.59 Å². The molecule has 0 saturated carbocycles. The van der Waals surface area contributed by atoms with Crippen molar-refractivity contribution >= 4 is 34.5 Å². The Bertz CT molecular complexity index is 904. The van der Waals surface area contributed by atoms with E-state index in [9.17, 15) is 9.59 Å². The molecule has 0 aliphatic rings. The second kappa shape index (κ2) is 6.98. The number of hydrogen-bond donors (Lipinski definition) is 1. The lowest BCUT2D eigenvalue weighted by atomic mass is 10.2. The van der Waals surface area contributed by atoms with Crippen LogP contribution in [0.15, 0.2) is 58.7 Å². The van der Waals surface area contributed by atoms with Crippen LogP contribution in [0.5, 0.6) is 0 Å². The molecule has 3 aromatic rings. The standard InChI is InChI=1S/C17H14ClN3O2S/c1-11(17(23)19-13-6-4-12(18)5-7-13)21-16(22)9-8-14(20-21)15-3-2-10-24-15/h2-11H,1H3,(H,19,23). The number of nitrogens with zero attached hydrogens (tertiary/aromatic N) is 2. The Morgan fingerprint density at radius 2 is 1.96 bits per heavy atom. The highest BCUT2D eigenvalue weighted by atomic mass is 35.5. The largest absolute Gasteiger partial charge is 0.324 e. The number of benzene rings is 1. The van der Waals surface area contributed by atoms with Crippen molar-refractivity contribution in [2.24, 2.45) is 0 Å². The van der Waals surface area contributed by atoms with Crippen LogP contribution in [0.3, 0.4) is 0 Å². The van der Waals surface area contributed by atoms with E-state index in [-0.39, 0.29) is 11.5 Å². The van der Waals surface area contributed by atoms with Crippen molar-refractivity contribution in [3.8, 4) is 10.6 Å². The van der Waals surface area contributed by atoms with Crippen LogP contribution in [0.2, 0.25) is 5.02 Å². The van der Waals surface area contributed by atoms with Crippen LogP contribution in [0.25, 0.3) is 10.6 Å². The number of nitrogens with one attached hydrogen (secondary N) is 1. The van der Waals surface area contributed by atoms with E-state index in [1.165, 1.54) is 22.1 Å². The Kier molecular flexibility index (Phi) is 4.78. The Morgan fingerprint density at radius 3 is 2.62 bits per heavy atom. The molecule has 24 heavy (non-hydrogen) atoms. The lowest BCUT2D eigenvalue weighted by molar-refractivity contribution is -0.119. The van der Waals surface area contributed by atoms with Gasteiger partial charge in [-0.05, 0) is 48.7 Å². The molecular weight excluding hydrogens is 346 g/mol. The van der Waals surface area contributed by atoms with E-state index in [1.54, 1.807) is 37.3 Å². The van der Waals surface area contributed by atoms with Crippen LogP contribution in [0.4, 0.5) is 5.69 Å². The third-order valence-corrected chi connectivity index (χ3v) is 4.60. The molecule has 1 N–H and O–H groups in total. The molecule has 0 saturated heterocycles. The van der Waals surface area contributed by atoms with Crippen LogP contribution in [0.1, 0.15) is 13.0 Å². The molecule has 0 aliphatic carbocycles. The number of thiophene rings is 1. The molecule has 1 aromatic carbocycles. The summed E-state index contributed by atoms with van der Waals surface area (Å²) in [5.41, 5.74) is 0.948. The summed E-state index contributed by atoms with van der Waals surface area (Å²) in [7, 11) is 0. The SMILES string of the molecule is CC(C(=O)Nc1ccc(Cl)cc1)n1nc(-c2cccs2)ccc1=O. The second-order valence-corrected chi connectivity index (χ2v) is 6.53. The monoisotopic (exact) mass is 359 g/mol. The Morgan fingerprint density at radius 1 is 1.21 bits per heavy atom. The van der Waals surface area contributed by atoms with Crippen LogP contribution in [-0.2, 0) is 4.79 Å². The summed E-state index contributed by atoms with van der Waals surface area (Å²) in [6.45, 7) is 1.64. The van der Waals surface area contributed by atoms with Gasteiger partial charge in [0.25, 0.3) is 5.56 Å². The molecule has 5 nitrogen and oxygen atoms in total. The van der Waals surface area contributed by atoms with E-state index in [4.69, 9.17) is 11.6 Å². The average molecular weight is 360 g/mol. The maximum Gasteiger partial charge on any atom is 0.267 e. The van der Waals surface area contributed by atoms with Crippen LogP contribution >= 0.6 is 22.9 Å². The predicted octanol–water partition coefficient (Wildman–Crippen LogP) is 3.82. The van der Waals surface area contributed by atoms with Gasteiger partial charge in [0, 0.05) is 16.8 Å². The fourth-order valence-corrected chi connectivity index (χ4v) is 2.97. The fraction of sp³-hybridized carbons (Fsp3) is 0.118. The quantitative estimate of drug-likeness (QED) is 0.770. The highest BCUT2D eigenvalue weighted by Gasteiger charge is 2.18. The molecule has 0 fully saturated rings. The molecule has 0 spiro atoms. The maximum absolute atomic E-state index is 12.4. The zero-order chi connectivity index (χ0) is 17.1. The van der Waals surface area contributed by atoms with Crippen molar-refractivity contribution in [1.82, 2.24) is 9.78 Å². The number of aromatic nitrogens is 2. The zero-order valence-corrected chi connectivity index (χ0v) is 14.3. The molecule has 0 aliphatic heterocycles. The Balaban J connectivity index is 1.84.